The van der Waals surface area contributed by atoms with Gasteiger partial charge >= 0.3 is 0 Å². The number of pyridine rings is 1. The number of nitrogens with one attached hydrogen (secondary N) is 1. The summed E-state index contributed by atoms with van der Waals surface area (Å²) in [5, 5.41) is 18.9. The number of hydrogen-bond donors (Lipinski definition) is 2. The molecule has 1 saturated heterocycles. The quantitative estimate of drug-likeness (QED) is 0.674. The van der Waals surface area contributed by atoms with Crippen LogP contribution in [0.4, 0.5) is 0 Å². The average Bonchev–Trinajstić information content (AvgIpc) is 2.81. The minimum Gasteiger partial charge on any atom is -0.505 e. The van der Waals surface area contributed by atoms with Crippen LogP contribution in [0.15, 0.2) is 53.6 Å². The first-order valence-electron chi connectivity index (χ1n) is 10.1. The van der Waals surface area contributed by atoms with Crippen LogP contribution in [0, 0.1) is 11.3 Å². The molecule has 0 saturated carbocycles. The third-order valence-electron chi connectivity index (χ3n) is 5.55. The summed E-state index contributed by atoms with van der Waals surface area (Å²) in [6.07, 6.45) is 4.37. The zero-order valence-electron chi connectivity index (χ0n) is 16.8. The standard InChI is InChI=1S/C23H21N5O3/c24-12-15-10-19(29)21(25-13-15)22-26-14-18(23(31)27-22)11-20(30)28-8-6-17(7-9-28)16-4-2-1-3-5-16/h1-5,10,13-14,17,29H,6-9,11H2,(H,26,27,31). The molecule has 3 aromatic rings. The number of piperidine rings is 1. The Morgan fingerprint density at radius 2 is 1.94 bits per heavy atom. The van der Waals surface area contributed by atoms with Gasteiger partial charge in [0, 0.05) is 37.1 Å². The van der Waals surface area contributed by atoms with Crippen molar-refractivity contribution in [3.8, 4) is 23.3 Å². The van der Waals surface area contributed by atoms with Gasteiger partial charge in [-0.1, -0.05) is 30.3 Å². The Morgan fingerprint density at radius 1 is 1.19 bits per heavy atom. The van der Waals surface area contributed by atoms with Crippen molar-refractivity contribution in [1.82, 2.24) is 19.9 Å². The maximum Gasteiger partial charge on any atom is 0.254 e. The lowest BCUT2D eigenvalue weighted by Gasteiger charge is -2.32. The fraction of sp³-hybridized carbons (Fsp3) is 0.261. The molecule has 1 fully saturated rings. The number of aromatic nitrogens is 3. The van der Waals surface area contributed by atoms with Crippen LogP contribution in [-0.4, -0.2) is 44.0 Å². The number of nitrogens with zero attached hydrogens (tertiary/aromatic N) is 4. The van der Waals surface area contributed by atoms with Crippen LogP contribution >= 0.6 is 0 Å². The number of rotatable bonds is 4. The molecule has 1 aromatic carbocycles. The summed E-state index contributed by atoms with van der Waals surface area (Å²) in [7, 11) is 0. The van der Waals surface area contributed by atoms with Crippen molar-refractivity contribution in [1.29, 1.82) is 5.26 Å². The molecule has 31 heavy (non-hydrogen) atoms. The van der Waals surface area contributed by atoms with Gasteiger partial charge in [-0.3, -0.25) is 9.59 Å². The molecule has 8 nitrogen and oxygen atoms in total. The summed E-state index contributed by atoms with van der Waals surface area (Å²) < 4.78 is 0. The molecule has 0 atom stereocenters. The van der Waals surface area contributed by atoms with Crippen LogP contribution in [0.2, 0.25) is 0 Å². The molecule has 2 N–H and O–H groups in total. The second-order valence-corrected chi connectivity index (χ2v) is 7.53. The number of nitriles is 1. The molecular formula is C23H21N5O3. The van der Waals surface area contributed by atoms with Gasteiger partial charge in [-0.15, -0.1) is 0 Å². The number of aromatic hydroxyl groups is 1. The van der Waals surface area contributed by atoms with Crippen LogP contribution in [0.3, 0.4) is 0 Å². The van der Waals surface area contributed by atoms with Crippen LogP contribution < -0.4 is 5.56 Å². The van der Waals surface area contributed by atoms with E-state index in [1.807, 2.05) is 24.3 Å². The maximum absolute atomic E-state index is 12.7. The van der Waals surface area contributed by atoms with Crippen molar-refractivity contribution in [3.05, 3.63) is 75.8 Å². The summed E-state index contributed by atoms with van der Waals surface area (Å²) in [6.45, 7) is 1.32. The number of amides is 1. The predicted molar refractivity (Wildman–Crippen MR) is 113 cm³/mol. The highest BCUT2D eigenvalue weighted by molar-refractivity contribution is 5.78. The molecule has 0 aliphatic carbocycles. The Balaban J connectivity index is 1.41. The summed E-state index contributed by atoms with van der Waals surface area (Å²) in [6, 6.07) is 13.4. The third kappa shape index (κ3) is 4.46. The van der Waals surface area contributed by atoms with Crippen LogP contribution in [0.5, 0.6) is 5.75 Å². The van der Waals surface area contributed by atoms with E-state index in [0.29, 0.717) is 19.0 Å². The first-order chi connectivity index (χ1) is 15.0. The van der Waals surface area contributed by atoms with Crippen molar-refractivity contribution in [3.63, 3.8) is 0 Å². The first-order valence-corrected chi connectivity index (χ1v) is 10.1. The van der Waals surface area contributed by atoms with Gasteiger partial charge in [0.25, 0.3) is 5.56 Å². The van der Waals surface area contributed by atoms with Crippen LogP contribution in [0.1, 0.15) is 35.4 Å². The van der Waals surface area contributed by atoms with E-state index in [0.717, 1.165) is 12.8 Å². The molecule has 3 heterocycles. The van der Waals surface area contributed by atoms with Crippen molar-refractivity contribution in [2.75, 3.05) is 13.1 Å². The Bertz CT molecular complexity index is 1190. The van der Waals surface area contributed by atoms with Crippen molar-refractivity contribution in [2.24, 2.45) is 0 Å². The zero-order valence-corrected chi connectivity index (χ0v) is 16.8. The number of benzene rings is 1. The largest absolute Gasteiger partial charge is 0.505 e. The van der Waals surface area contributed by atoms with Gasteiger partial charge in [0.2, 0.25) is 5.91 Å². The smallest absolute Gasteiger partial charge is 0.254 e. The molecular weight excluding hydrogens is 394 g/mol. The van der Waals surface area contributed by atoms with E-state index in [2.05, 4.69) is 27.1 Å². The molecule has 0 unspecified atom stereocenters. The Morgan fingerprint density at radius 3 is 2.58 bits per heavy atom. The molecule has 4 rings (SSSR count). The zero-order chi connectivity index (χ0) is 21.8. The monoisotopic (exact) mass is 415 g/mol. The molecule has 1 aliphatic heterocycles. The fourth-order valence-corrected chi connectivity index (χ4v) is 3.83. The van der Waals surface area contributed by atoms with Gasteiger partial charge in [-0.2, -0.15) is 5.26 Å². The molecule has 0 spiro atoms. The number of aromatic amines is 1. The van der Waals surface area contributed by atoms with E-state index in [-0.39, 0.29) is 40.7 Å². The topological polar surface area (TPSA) is 123 Å². The normalized spacial score (nSPS) is 14.2. The average molecular weight is 415 g/mol. The molecule has 1 aliphatic rings. The van der Waals surface area contributed by atoms with Gasteiger partial charge in [-0.25, -0.2) is 9.97 Å². The van der Waals surface area contributed by atoms with Gasteiger partial charge in [0.05, 0.1) is 12.0 Å². The Kier molecular flexibility index (Phi) is 5.76. The summed E-state index contributed by atoms with van der Waals surface area (Å²) in [5.74, 6) is 0.160. The van der Waals surface area contributed by atoms with Gasteiger partial charge in [0.1, 0.15) is 17.5 Å². The molecule has 2 aromatic heterocycles. The molecule has 0 radical (unpaired) electrons. The molecule has 0 bridgehead atoms. The van der Waals surface area contributed by atoms with Gasteiger partial charge < -0.3 is 15.0 Å². The SMILES string of the molecule is N#Cc1cnc(-c2ncc(CC(=O)N3CCC(c4ccccc4)CC3)c(=O)[nH]2)c(O)c1. The highest BCUT2D eigenvalue weighted by atomic mass is 16.3. The van der Waals surface area contributed by atoms with E-state index in [1.165, 1.54) is 24.0 Å². The van der Waals surface area contributed by atoms with Gasteiger partial charge in [-0.05, 0) is 24.3 Å². The lowest BCUT2D eigenvalue weighted by molar-refractivity contribution is -0.131. The minimum atomic E-state index is -0.455. The van der Waals surface area contributed by atoms with E-state index in [1.54, 1.807) is 4.90 Å². The number of hydrogen-bond acceptors (Lipinski definition) is 6. The Hall–Kier alpha value is -3.99. The van der Waals surface area contributed by atoms with E-state index in [9.17, 15) is 14.7 Å². The van der Waals surface area contributed by atoms with Crippen molar-refractivity contribution in [2.45, 2.75) is 25.2 Å². The maximum atomic E-state index is 12.7. The number of carbonyl (C=O) groups excluding carboxylic acids is 1. The van der Waals surface area contributed by atoms with Crippen molar-refractivity contribution >= 4 is 5.91 Å². The molecule has 1 amide bonds. The van der Waals surface area contributed by atoms with Crippen molar-refractivity contribution < 1.29 is 9.90 Å². The third-order valence-corrected chi connectivity index (χ3v) is 5.55. The number of likely N-dealkylation sites (tertiary alicyclic amines) is 1. The first kappa shape index (κ1) is 20.3. The molecule has 8 heteroatoms. The highest BCUT2D eigenvalue weighted by Crippen LogP contribution is 2.28. The van der Waals surface area contributed by atoms with E-state index < -0.39 is 5.56 Å². The lowest BCUT2D eigenvalue weighted by Crippen LogP contribution is -2.39. The fourth-order valence-electron chi connectivity index (χ4n) is 3.83. The number of carbonyl (C=O) groups is 1. The predicted octanol–water partition coefficient (Wildman–Crippen LogP) is 2.36. The van der Waals surface area contributed by atoms with Crippen LogP contribution in [0.25, 0.3) is 11.5 Å². The minimum absolute atomic E-state index is 0.0363. The van der Waals surface area contributed by atoms with E-state index in [4.69, 9.17) is 5.26 Å². The second kappa shape index (κ2) is 8.79. The Labute approximate surface area is 178 Å². The second-order valence-electron chi connectivity index (χ2n) is 7.53. The van der Waals surface area contributed by atoms with E-state index >= 15 is 0 Å². The van der Waals surface area contributed by atoms with Crippen LogP contribution in [-0.2, 0) is 11.2 Å². The number of H-pyrrole nitrogens is 1. The highest BCUT2D eigenvalue weighted by Gasteiger charge is 2.24. The molecule has 156 valence electrons. The summed E-state index contributed by atoms with van der Waals surface area (Å²) >= 11 is 0. The van der Waals surface area contributed by atoms with Gasteiger partial charge in [0.15, 0.2) is 5.82 Å². The summed E-state index contributed by atoms with van der Waals surface area (Å²) in [4.78, 5) is 37.7. The lowest BCUT2D eigenvalue weighted by atomic mass is 9.89. The summed E-state index contributed by atoms with van der Waals surface area (Å²) in [5.41, 5.74) is 1.36.